The third-order valence-electron chi connectivity index (χ3n) is 5.43. The van der Waals surface area contributed by atoms with Gasteiger partial charge in [-0.2, -0.15) is 0 Å². The summed E-state index contributed by atoms with van der Waals surface area (Å²) in [6.07, 6.45) is 0. The zero-order chi connectivity index (χ0) is 18.5. The predicted octanol–water partition coefficient (Wildman–Crippen LogP) is 1.88. The Morgan fingerprint density at radius 1 is 1.15 bits per heavy atom. The van der Waals surface area contributed by atoms with Crippen LogP contribution in [0.3, 0.4) is 0 Å². The zero-order valence-corrected chi connectivity index (χ0v) is 15.6. The number of rotatable bonds is 2. The molecule has 4 rings (SSSR count). The molecule has 7 heteroatoms. The van der Waals surface area contributed by atoms with Gasteiger partial charge in [-0.05, 0) is 30.2 Å². The van der Waals surface area contributed by atoms with E-state index in [-0.39, 0.29) is 5.96 Å². The second-order valence-electron chi connectivity index (χ2n) is 7.03. The van der Waals surface area contributed by atoms with E-state index in [9.17, 15) is 8.42 Å². The SMILES string of the molecule is Cc1cccc(N2CC3C(c4ccccc4)(C2)NC(=N)N(C)S3(=O)=O)c1. The van der Waals surface area contributed by atoms with Crippen molar-refractivity contribution in [1.29, 1.82) is 5.41 Å². The highest BCUT2D eigenvalue weighted by molar-refractivity contribution is 7.90. The van der Waals surface area contributed by atoms with Crippen LogP contribution in [0.4, 0.5) is 5.69 Å². The van der Waals surface area contributed by atoms with Gasteiger partial charge in [0.15, 0.2) is 0 Å². The molecule has 0 saturated carbocycles. The van der Waals surface area contributed by atoms with Gasteiger partial charge in [0, 0.05) is 25.8 Å². The van der Waals surface area contributed by atoms with Crippen LogP contribution in [0.5, 0.6) is 0 Å². The average Bonchev–Trinajstić information content (AvgIpc) is 3.03. The fourth-order valence-corrected chi connectivity index (χ4v) is 5.83. The first-order valence-corrected chi connectivity index (χ1v) is 10.1. The molecule has 2 aromatic rings. The molecule has 2 fully saturated rings. The highest BCUT2D eigenvalue weighted by Crippen LogP contribution is 2.41. The van der Waals surface area contributed by atoms with Gasteiger partial charge in [-0.25, -0.2) is 12.7 Å². The molecular formula is C19H22N4O2S. The highest BCUT2D eigenvalue weighted by Gasteiger charge is 2.59. The number of anilines is 1. The molecule has 6 nitrogen and oxygen atoms in total. The van der Waals surface area contributed by atoms with Gasteiger partial charge in [-0.3, -0.25) is 5.41 Å². The molecule has 0 aliphatic carbocycles. The van der Waals surface area contributed by atoms with Crippen LogP contribution >= 0.6 is 0 Å². The minimum Gasteiger partial charge on any atom is -0.367 e. The summed E-state index contributed by atoms with van der Waals surface area (Å²) in [7, 11) is -2.20. The molecular weight excluding hydrogens is 348 g/mol. The third-order valence-corrected chi connectivity index (χ3v) is 7.65. The number of hydrogen-bond acceptors (Lipinski definition) is 4. The van der Waals surface area contributed by atoms with Gasteiger partial charge >= 0.3 is 0 Å². The third kappa shape index (κ3) is 2.38. The van der Waals surface area contributed by atoms with Crippen molar-refractivity contribution in [1.82, 2.24) is 9.62 Å². The van der Waals surface area contributed by atoms with Crippen molar-refractivity contribution in [3.05, 3.63) is 65.7 Å². The Hall–Kier alpha value is -2.54. The van der Waals surface area contributed by atoms with Gasteiger partial charge in [0.05, 0.1) is 0 Å². The van der Waals surface area contributed by atoms with E-state index in [1.165, 1.54) is 7.05 Å². The average molecular weight is 370 g/mol. The van der Waals surface area contributed by atoms with E-state index in [1.807, 2.05) is 55.5 Å². The van der Waals surface area contributed by atoms with Crippen molar-refractivity contribution in [2.75, 3.05) is 25.0 Å². The topological polar surface area (TPSA) is 76.5 Å². The maximum absolute atomic E-state index is 13.1. The van der Waals surface area contributed by atoms with Gasteiger partial charge in [-0.15, -0.1) is 0 Å². The minimum absolute atomic E-state index is 0.0869. The summed E-state index contributed by atoms with van der Waals surface area (Å²) in [5, 5.41) is 10.7. The van der Waals surface area contributed by atoms with E-state index in [4.69, 9.17) is 5.41 Å². The van der Waals surface area contributed by atoms with Crippen molar-refractivity contribution in [2.24, 2.45) is 0 Å². The summed E-state index contributed by atoms with van der Waals surface area (Å²) in [6.45, 7) is 2.89. The number of nitrogens with one attached hydrogen (secondary N) is 2. The lowest BCUT2D eigenvalue weighted by molar-refractivity contribution is 0.380. The summed E-state index contributed by atoms with van der Waals surface area (Å²) in [5.74, 6) is -0.0869. The Labute approximate surface area is 154 Å². The Morgan fingerprint density at radius 2 is 1.88 bits per heavy atom. The van der Waals surface area contributed by atoms with E-state index >= 15 is 0 Å². The molecule has 2 unspecified atom stereocenters. The largest absolute Gasteiger partial charge is 0.367 e. The smallest absolute Gasteiger partial charge is 0.244 e. The molecule has 0 bridgehead atoms. The van der Waals surface area contributed by atoms with Crippen LogP contribution in [0.2, 0.25) is 0 Å². The molecule has 2 aliphatic heterocycles. The first-order chi connectivity index (χ1) is 12.3. The van der Waals surface area contributed by atoms with E-state index in [0.29, 0.717) is 13.1 Å². The molecule has 0 aromatic heterocycles. The molecule has 2 aliphatic rings. The summed E-state index contributed by atoms with van der Waals surface area (Å²) < 4.78 is 27.3. The molecule has 2 heterocycles. The first kappa shape index (κ1) is 16.9. The summed E-state index contributed by atoms with van der Waals surface area (Å²) in [5.41, 5.74) is 2.18. The van der Waals surface area contributed by atoms with E-state index < -0.39 is 20.8 Å². The highest BCUT2D eigenvalue weighted by atomic mass is 32.2. The zero-order valence-electron chi connectivity index (χ0n) is 14.8. The van der Waals surface area contributed by atoms with Crippen LogP contribution < -0.4 is 10.2 Å². The van der Waals surface area contributed by atoms with Crippen molar-refractivity contribution in [2.45, 2.75) is 17.7 Å². The van der Waals surface area contributed by atoms with Crippen LogP contribution in [0.25, 0.3) is 0 Å². The lowest BCUT2D eigenvalue weighted by Gasteiger charge is -2.43. The van der Waals surface area contributed by atoms with Crippen molar-refractivity contribution in [3.8, 4) is 0 Å². The molecule has 0 amide bonds. The summed E-state index contributed by atoms with van der Waals surface area (Å²) >= 11 is 0. The second kappa shape index (κ2) is 5.74. The Bertz CT molecular complexity index is 961. The summed E-state index contributed by atoms with van der Waals surface area (Å²) in [6, 6.07) is 17.7. The van der Waals surface area contributed by atoms with Gasteiger partial charge in [0.2, 0.25) is 16.0 Å². The quantitative estimate of drug-likeness (QED) is 0.846. The standard InChI is InChI=1S/C19H22N4O2S/c1-14-7-6-10-16(11-14)23-12-17-19(13-23,15-8-4-3-5-9-15)21-18(20)22(2)26(17,24)25/h3-11,17H,12-13H2,1-2H3,(H2,20,21). The predicted molar refractivity (Wildman–Crippen MR) is 103 cm³/mol. The first-order valence-electron chi connectivity index (χ1n) is 8.56. The van der Waals surface area contributed by atoms with Gasteiger partial charge in [0.1, 0.15) is 10.8 Å². The Balaban J connectivity index is 1.86. The van der Waals surface area contributed by atoms with E-state index in [0.717, 1.165) is 21.1 Å². The molecule has 0 radical (unpaired) electrons. The molecule has 26 heavy (non-hydrogen) atoms. The molecule has 2 saturated heterocycles. The number of benzene rings is 2. The number of guanidine groups is 1. The van der Waals surface area contributed by atoms with Crippen molar-refractivity contribution >= 4 is 21.7 Å². The fourth-order valence-electron chi connectivity index (χ4n) is 4.01. The van der Waals surface area contributed by atoms with Gasteiger partial charge < -0.3 is 10.2 Å². The van der Waals surface area contributed by atoms with E-state index in [1.54, 1.807) is 0 Å². The van der Waals surface area contributed by atoms with Gasteiger partial charge in [0.25, 0.3) is 0 Å². The molecule has 0 spiro atoms. The number of nitrogens with zero attached hydrogens (tertiary/aromatic N) is 2. The fraction of sp³-hybridized carbons (Fsp3) is 0.316. The molecule has 2 atom stereocenters. The number of sulfonamides is 1. The monoisotopic (exact) mass is 370 g/mol. The second-order valence-corrected chi connectivity index (χ2v) is 9.18. The lowest BCUT2D eigenvalue weighted by atomic mass is 9.88. The molecule has 2 N–H and O–H groups in total. The van der Waals surface area contributed by atoms with Crippen LogP contribution in [-0.2, 0) is 15.6 Å². The lowest BCUT2D eigenvalue weighted by Crippen LogP contribution is -2.66. The van der Waals surface area contributed by atoms with Crippen LogP contribution in [0.1, 0.15) is 11.1 Å². The maximum Gasteiger partial charge on any atom is 0.244 e. The van der Waals surface area contributed by atoms with E-state index in [2.05, 4.69) is 16.3 Å². The van der Waals surface area contributed by atoms with Crippen LogP contribution in [0, 0.1) is 12.3 Å². The number of hydrogen-bond donors (Lipinski definition) is 2. The van der Waals surface area contributed by atoms with Crippen LogP contribution in [-0.4, -0.2) is 44.1 Å². The van der Waals surface area contributed by atoms with Crippen LogP contribution in [0.15, 0.2) is 54.6 Å². The molecule has 2 aromatic carbocycles. The minimum atomic E-state index is -3.64. The van der Waals surface area contributed by atoms with Crippen molar-refractivity contribution in [3.63, 3.8) is 0 Å². The summed E-state index contributed by atoms with van der Waals surface area (Å²) in [4.78, 5) is 2.10. The molecule has 136 valence electrons. The number of fused-ring (bicyclic) bond motifs is 1. The van der Waals surface area contributed by atoms with Crippen molar-refractivity contribution < 1.29 is 8.42 Å². The number of aryl methyl sites for hydroxylation is 1. The maximum atomic E-state index is 13.1. The Kier molecular flexibility index (Phi) is 3.73. The Morgan fingerprint density at radius 3 is 2.58 bits per heavy atom. The van der Waals surface area contributed by atoms with Gasteiger partial charge in [-0.1, -0.05) is 42.5 Å². The normalized spacial score (nSPS) is 27.2.